The van der Waals surface area contributed by atoms with Crippen LogP contribution in [-0.4, -0.2) is 43.7 Å². The van der Waals surface area contributed by atoms with Crippen molar-refractivity contribution >= 4 is 22.8 Å². The van der Waals surface area contributed by atoms with Gasteiger partial charge >= 0.3 is 0 Å². The van der Waals surface area contributed by atoms with Crippen molar-refractivity contribution in [1.82, 2.24) is 24.5 Å². The molecule has 4 heterocycles. The van der Waals surface area contributed by atoms with Crippen LogP contribution in [0.3, 0.4) is 0 Å². The lowest BCUT2D eigenvalue weighted by Crippen LogP contribution is -2.10. The van der Waals surface area contributed by atoms with Crippen molar-refractivity contribution in [3.8, 4) is 17.0 Å². The fourth-order valence-electron chi connectivity index (χ4n) is 4.16. The molecule has 1 aromatic carbocycles. The van der Waals surface area contributed by atoms with Gasteiger partial charge in [0, 0.05) is 37.3 Å². The summed E-state index contributed by atoms with van der Waals surface area (Å²) in [7, 11) is 3.50. The van der Waals surface area contributed by atoms with Crippen LogP contribution < -0.4 is 10.1 Å². The maximum Gasteiger partial charge on any atom is 0.277 e. The summed E-state index contributed by atoms with van der Waals surface area (Å²) < 4.78 is 34.6. The summed E-state index contributed by atoms with van der Waals surface area (Å²) in [4.78, 5) is 22.0. The normalized spacial score (nSPS) is 12.6. The minimum atomic E-state index is -2.64. The number of benzene rings is 1. The third-order valence-electron chi connectivity index (χ3n) is 6.16. The van der Waals surface area contributed by atoms with E-state index in [2.05, 4.69) is 30.2 Å². The van der Waals surface area contributed by atoms with Gasteiger partial charge in [-0.3, -0.25) is 15.0 Å². The highest BCUT2D eigenvalue weighted by Gasteiger charge is 2.26. The number of anilines is 2. The molecule has 1 aliphatic rings. The van der Waals surface area contributed by atoms with Crippen molar-refractivity contribution in [3.05, 3.63) is 71.5 Å². The first-order valence-electron chi connectivity index (χ1n) is 11.4. The summed E-state index contributed by atoms with van der Waals surface area (Å²) in [5, 5.41) is 3.34. The van der Waals surface area contributed by atoms with Crippen LogP contribution in [-0.2, 0) is 19.9 Å². The number of halogens is 2. The van der Waals surface area contributed by atoms with E-state index >= 15 is 0 Å². The number of methoxy groups -OCH3 is 1. The van der Waals surface area contributed by atoms with Crippen LogP contribution in [0.4, 0.5) is 25.8 Å². The second kappa shape index (κ2) is 9.44. The molecule has 1 N–H and O–H groups in total. The molecule has 0 atom stereocenters. The Bertz CT molecular complexity index is 1480. The van der Waals surface area contributed by atoms with E-state index in [0.29, 0.717) is 40.6 Å². The van der Waals surface area contributed by atoms with Crippen LogP contribution in [0.5, 0.6) is 5.75 Å². The third-order valence-corrected chi connectivity index (χ3v) is 6.16. The third kappa shape index (κ3) is 4.53. The molecule has 0 radical (unpaired) electrons. The number of fused-ring (bicyclic) bond motifs is 1. The van der Waals surface area contributed by atoms with Crippen molar-refractivity contribution in [3.63, 3.8) is 0 Å². The lowest BCUT2D eigenvalue weighted by molar-refractivity contribution is 0.224. The van der Waals surface area contributed by atoms with E-state index in [-0.39, 0.29) is 12.1 Å². The minimum Gasteiger partial charge on any atom is -0.495 e. The molecule has 4 aromatic rings. The molecule has 0 saturated carbocycles. The van der Waals surface area contributed by atoms with Gasteiger partial charge in [0.25, 0.3) is 6.43 Å². The van der Waals surface area contributed by atoms with E-state index < -0.39 is 6.43 Å². The topological polar surface area (TPSA) is 90.1 Å². The zero-order valence-corrected chi connectivity index (χ0v) is 20.4. The molecule has 0 aliphatic carbocycles. The molecule has 0 fully saturated rings. The summed E-state index contributed by atoms with van der Waals surface area (Å²) >= 11 is 0. The van der Waals surface area contributed by atoms with E-state index in [4.69, 9.17) is 4.74 Å². The summed E-state index contributed by atoms with van der Waals surface area (Å²) in [6.45, 7) is 3.80. The van der Waals surface area contributed by atoms with Crippen molar-refractivity contribution in [2.45, 2.75) is 33.1 Å². The largest absolute Gasteiger partial charge is 0.495 e. The molecule has 184 valence electrons. The molecule has 3 aromatic heterocycles. The summed E-state index contributed by atoms with van der Waals surface area (Å²) in [5.41, 5.74) is 6.99. The van der Waals surface area contributed by atoms with Gasteiger partial charge in [0.2, 0.25) is 0 Å². The smallest absolute Gasteiger partial charge is 0.277 e. The number of rotatable bonds is 7. The fraction of sp³-hybridized carbons (Fsp3) is 0.269. The van der Waals surface area contributed by atoms with Gasteiger partial charge in [-0.05, 0) is 32.0 Å². The number of alkyl halides is 2. The van der Waals surface area contributed by atoms with Gasteiger partial charge in [0.1, 0.15) is 11.4 Å². The second-order valence-corrected chi connectivity index (χ2v) is 8.68. The van der Waals surface area contributed by atoms with Crippen LogP contribution in [0.2, 0.25) is 0 Å². The monoisotopic (exact) mass is 489 g/mol. The SMILES string of the molecule is COc1cc(-c2cncn2C)ccc1Nc1cc(Cc2cnc(C)c(C)n2)nc2c1N=C(C(F)F)C2. The number of ether oxygens (including phenoxy) is 1. The first-order valence-corrected chi connectivity index (χ1v) is 11.4. The van der Waals surface area contributed by atoms with Gasteiger partial charge < -0.3 is 14.6 Å². The number of imidazole rings is 1. The van der Waals surface area contributed by atoms with Gasteiger partial charge in [-0.15, -0.1) is 0 Å². The minimum absolute atomic E-state index is 0.00465. The predicted octanol–water partition coefficient (Wildman–Crippen LogP) is 5.13. The Morgan fingerprint density at radius 1 is 1.06 bits per heavy atom. The second-order valence-electron chi connectivity index (χ2n) is 8.68. The van der Waals surface area contributed by atoms with E-state index in [1.165, 1.54) is 0 Å². The average molecular weight is 490 g/mol. The number of aromatic nitrogens is 5. The fourth-order valence-corrected chi connectivity index (χ4v) is 4.16. The standard InChI is InChI=1S/C26H25F2N7O/c1-14-15(2)31-18(11-30-14)8-17-9-20(25-21(32-17)10-22(34-25)26(27)28)33-19-6-5-16(7-24(19)36-4)23-12-29-13-35(23)3/h5-7,9,11-13,26H,8,10H2,1-4H3,(H,32,33). The number of hydrogen-bond donors (Lipinski definition) is 1. The molecule has 10 heteroatoms. The molecular formula is C26H25F2N7O. The van der Waals surface area contributed by atoms with E-state index in [1.807, 2.05) is 49.7 Å². The van der Waals surface area contributed by atoms with Crippen molar-refractivity contribution in [1.29, 1.82) is 0 Å². The Balaban J connectivity index is 1.53. The molecule has 0 spiro atoms. The van der Waals surface area contributed by atoms with E-state index in [9.17, 15) is 8.78 Å². The Morgan fingerprint density at radius 2 is 1.89 bits per heavy atom. The van der Waals surface area contributed by atoms with Crippen LogP contribution in [0, 0.1) is 13.8 Å². The van der Waals surface area contributed by atoms with Crippen LogP contribution in [0.1, 0.15) is 28.5 Å². The number of pyridine rings is 1. The number of nitrogens with zero attached hydrogens (tertiary/aromatic N) is 6. The predicted molar refractivity (Wildman–Crippen MR) is 134 cm³/mol. The summed E-state index contributed by atoms with van der Waals surface area (Å²) in [5.74, 6) is 0.594. The van der Waals surface area contributed by atoms with Crippen molar-refractivity contribution in [2.24, 2.45) is 12.0 Å². The first-order chi connectivity index (χ1) is 17.3. The highest BCUT2D eigenvalue weighted by molar-refractivity contribution is 5.98. The first kappa shape index (κ1) is 23.5. The molecule has 0 bridgehead atoms. The molecule has 36 heavy (non-hydrogen) atoms. The molecule has 1 aliphatic heterocycles. The van der Waals surface area contributed by atoms with Gasteiger partial charge in [-0.2, -0.15) is 0 Å². The zero-order valence-electron chi connectivity index (χ0n) is 20.4. The molecule has 8 nitrogen and oxygen atoms in total. The highest BCUT2D eigenvalue weighted by atomic mass is 19.3. The van der Waals surface area contributed by atoms with Gasteiger partial charge in [0.15, 0.2) is 0 Å². The quantitative estimate of drug-likeness (QED) is 0.387. The van der Waals surface area contributed by atoms with E-state index in [1.54, 1.807) is 25.8 Å². The molecule has 0 unspecified atom stereocenters. The average Bonchev–Trinajstić information content (AvgIpc) is 3.48. The maximum atomic E-state index is 13.5. The van der Waals surface area contributed by atoms with Crippen LogP contribution >= 0.6 is 0 Å². The summed E-state index contributed by atoms with van der Waals surface area (Å²) in [6, 6.07) is 7.56. The molecule has 0 amide bonds. The molecule has 5 rings (SSSR count). The maximum absolute atomic E-state index is 13.5. The van der Waals surface area contributed by atoms with Crippen LogP contribution in [0.25, 0.3) is 11.3 Å². The number of nitrogens with one attached hydrogen (secondary N) is 1. The lowest BCUT2D eigenvalue weighted by atomic mass is 10.1. The van der Waals surface area contributed by atoms with Crippen molar-refractivity contribution in [2.75, 3.05) is 12.4 Å². The van der Waals surface area contributed by atoms with Gasteiger partial charge in [-0.1, -0.05) is 6.07 Å². The number of aliphatic imine (C=N–C) groups is 1. The van der Waals surface area contributed by atoms with Gasteiger partial charge in [0.05, 0.1) is 65.2 Å². The zero-order chi connectivity index (χ0) is 25.4. The Labute approximate surface area is 207 Å². The molecular weight excluding hydrogens is 464 g/mol. The number of hydrogen-bond acceptors (Lipinski definition) is 7. The Morgan fingerprint density at radius 3 is 2.58 bits per heavy atom. The van der Waals surface area contributed by atoms with E-state index in [0.717, 1.165) is 28.3 Å². The lowest BCUT2D eigenvalue weighted by Gasteiger charge is -2.16. The Hall–Kier alpha value is -4.21. The Kier molecular flexibility index (Phi) is 6.17. The van der Waals surface area contributed by atoms with Crippen molar-refractivity contribution < 1.29 is 13.5 Å². The van der Waals surface area contributed by atoms with Gasteiger partial charge in [-0.25, -0.2) is 18.8 Å². The molecule has 0 saturated heterocycles. The summed E-state index contributed by atoms with van der Waals surface area (Å²) in [6.07, 6.45) is 3.00. The highest BCUT2D eigenvalue weighted by Crippen LogP contribution is 2.40. The van der Waals surface area contributed by atoms with Crippen LogP contribution in [0.15, 0.2) is 48.0 Å². The number of aryl methyl sites for hydroxylation is 3.